The third-order valence-electron chi connectivity index (χ3n) is 5.52. The number of piperidine rings is 1. The van der Waals surface area contributed by atoms with E-state index in [0.717, 1.165) is 31.5 Å². The molecule has 26 heavy (non-hydrogen) atoms. The molecule has 2 saturated heterocycles. The molecule has 6 heteroatoms. The fourth-order valence-electron chi connectivity index (χ4n) is 3.79. The molecule has 2 heterocycles. The van der Waals surface area contributed by atoms with Gasteiger partial charge in [-0.25, -0.2) is 0 Å². The zero-order chi connectivity index (χ0) is 17.7. The highest BCUT2D eigenvalue weighted by Crippen LogP contribution is 2.15. The zero-order valence-corrected chi connectivity index (χ0v) is 19.5. The van der Waals surface area contributed by atoms with Crippen molar-refractivity contribution >= 4 is 29.9 Å². The van der Waals surface area contributed by atoms with Crippen LogP contribution in [0.2, 0.25) is 0 Å². The Balaban J connectivity index is 0.00000338. The second-order valence-electron chi connectivity index (χ2n) is 7.82. The lowest BCUT2D eigenvalue weighted by atomic mass is 9.99. The Morgan fingerprint density at radius 1 is 0.923 bits per heavy atom. The van der Waals surface area contributed by atoms with Crippen LogP contribution in [-0.2, 0) is 0 Å². The first-order chi connectivity index (χ1) is 12.3. The second kappa shape index (κ2) is 14.9. The zero-order valence-electron chi connectivity index (χ0n) is 17.1. The van der Waals surface area contributed by atoms with Crippen molar-refractivity contribution < 1.29 is 0 Å². The number of nitrogens with zero attached hydrogens (tertiary/aromatic N) is 3. The van der Waals surface area contributed by atoms with Crippen LogP contribution in [0.3, 0.4) is 0 Å². The Labute approximate surface area is 178 Å². The molecule has 5 nitrogen and oxygen atoms in total. The molecule has 0 bridgehead atoms. The SMILES string of the molecule is CCNC(=NCCCN1CCC(C)CC1)NCCCCN1CCCC1.I. The largest absolute Gasteiger partial charge is 0.357 e. The van der Waals surface area contributed by atoms with Gasteiger partial charge in [0.1, 0.15) is 0 Å². The van der Waals surface area contributed by atoms with Gasteiger partial charge in [-0.05, 0) is 97.1 Å². The van der Waals surface area contributed by atoms with Crippen LogP contribution in [0, 0.1) is 5.92 Å². The molecule has 0 atom stereocenters. The fraction of sp³-hybridized carbons (Fsp3) is 0.950. The van der Waals surface area contributed by atoms with E-state index in [1.807, 2.05) is 0 Å². The number of unbranched alkanes of at least 4 members (excludes halogenated alkanes) is 1. The molecule has 2 aliphatic rings. The molecular weight excluding hydrogens is 437 g/mol. The molecule has 0 spiro atoms. The summed E-state index contributed by atoms with van der Waals surface area (Å²) in [6.07, 6.45) is 9.21. The molecule has 0 aromatic rings. The van der Waals surface area contributed by atoms with Gasteiger partial charge in [0.05, 0.1) is 0 Å². The Morgan fingerprint density at radius 2 is 1.58 bits per heavy atom. The molecule has 2 fully saturated rings. The molecule has 0 saturated carbocycles. The van der Waals surface area contributed by atoms with E-state index in [4.69, 9.17) is 4.99 Å². The van der Waals surface area contributed by atoms with E-state index in [1.165, 1.54) is 84.2 Å². The summed E-state index contributed by atoms with van der Waals surface area (Å²) in [5.41, 5.74) is 0. The highest BCUT2D eigenvalue weighted by Gasteiger charge is 2.14. The van der Waals surface area contributed by atoms with Crippen molar-refractivity contribution in [3.63, 3.8) is 0 Å². The number of likely N-dealkylation sites (tertiary alicyclic amines) is 2. The predicted molar refractivity (Wildman–Crippen MR) is 124 cm³/mol. The molecule has 0 aliphatic carbocycles. The van der Waals surface area contributed by atoms with Gasteiger partial charge in [0.25, 0.3) is 0 Å². The van der Waals surface area contributed by atoms with E-state index in [2.05, 4.69) is 34.3 Å². The molecule has 0 aromatic carbocycles. The summed E-state index contributed by atoms with van der Waals surface area (Å²) >= 11 is 0. The van der Waals surface area contributed by atoms with E-state index in [-0.39, 0.29) is 24.0 Å². The lowest BCUT2D eigenvalue weighted by molar-refractivity contribution is 0.192. The van der Waals surface area contributed by atoms with Crippen molar-refractivity contribution in [3.8, 4) is 0 Å². The molecule has 2 aliphatic heterocycles. The summed E-state index contributed by atoms with van der Waals surface area (Å²) in [5.74, 6) is 1.92. The van der Waals surface area contributed by atoms with Crippen molar-refractivity contribution in [2.45, 2.75) is 58.8 Å². The van der Waals surface area contributed by atoms with Gasteiger partial charge in [-0.1, -0.05) is 6.92 Å². The number of halogens is 1. The summed E-state index contributed by atoms with van der Waals surface area (Å²) in [6, 6.07) is 0. The Kier molecular flexibility index (Phi) is 13.7. The minimum atomic E-state index is 0. The number of rotatable bonds is 10. The van der Waals surface area contributed by atoms with Crippen molar-refractivity contribution in [2.24, 2.45) is 10.9 Å². The summed E-state index contributed by atoms with van der Waals surface area (Å²) < 4.78 is 0. The monoisotopic (exact) mass is 479 g/mol. The van der Waals surface area contributed by atoms with Crippen LogP contribution < -0.4 is 10.6 Å². The van der Waals surface area contributed by atoms with Gasteiger partial charge in [-0.2, -0.15) is 0 Å². The first-order valence-corrected chi connectivity index (χ1v) is 10.7. The lowest BCUT2D eigenvalue weighted by Gasteiger charge is -2.29. The number of aliphatic imine (C=N–C) groups is 1. The standard InChI is InChI=1S/C20H41N5.HI/c1-3-21-20(22-11-4-5-13-24-14-6-7-15-24)23-12-8-16-25-17-9-19(2)10-18-25;/h19H,3-18H2,1-2H3,(H2,21,22,23);1H. The van der Waals surface area contributed by atoms with E-state index < -0.39 is 0 Å². The topological polar surface area (TPSA) is 42.9 Å². The lowest BCUT2D eigenvalue weighted by Crippen LogP contribution is -2.38. The van der Waals surface area contributed by atoms with Crippen LogP contribution in [0.15, 0.2) is 4.99 Å². The number of hydrogen-bond donors (Lipinski definition) is 2. The number of hydrogen-bond acceptors (Lipinski definition) is 3. The van der Waals surface area contributed by atoms with E-state index in [9.17, 15) is 0 Å². The van der Waals surface area contributed by atoms with Crippen LogP contribution in [-0.4, -0.2) is 74.7 Å². The normalized spacial score (nSPS) is 20.2. The molecule has 0 aromatic heterocycles. The van der Waals surface area contributed by atoms with Gasteiger partial charge in [0, 0.05) is 19.6 Å². The molecule has 0 amide bonds. The fourth-order valence-corrected chi connectivity index (χ4v) is 3.79. The van der Waals surface area contributed by atoms with Crippen LogP contribution >= 0.6 is 24.0 Å². The summed E-state index contributed by atoms with van der Waals surface area (Å²) in [6.45, 7) is 15.1. The van der Waals surface area contributed by atoms with Crippen LogP contribution in [0.1, 0.15) is 58.8 Å². The minimum absolute atomic E-state index is 0. The maximum absolute atomic E-state index is 4.75. The maximum atomic E-state index is 4.75. The van der Waals surface area contributed by atoms with Crippen LogP contribution in [0.25, 0.3) is 0 Å². The average Bonchev–Trinajstić information content (AvgIpc) is 3.13. The van der Waals surface area contributed by atoms with Crippen LogP contribution in [0.5, 0.6) is 0 Å². The molecule has 154 valence electrons. The van der Waals surface area contributed by atoms with Gasteiger partial charge in [0.15, 0.2) is 5.96 Å². The maximum Gasteiger partial charge on any atom is 0.191 e. The van der Waals surface area contributed by atoms with Crippen molar-refractivity contribution in [2.75, 3.05) is 58.9 Å². The summed E-state index contributed by atoms with van der Waals surface area (Å²) in [4.78, 5) is 9.95. The number of nitrogens with one attached hydrogen (secondary N) is 2. The minimum Gasteiger partial charge on any atom is -0.357 e. The Morgan fingerprint density at radius 3 is 2.27 bits per heavy atom. The van der Waals surface area contributed by atoms with Gasteiger partial charge in [-0.3, -0.25) is 4.99 Å². The average molecular weight is 479 g/mol. The molecular formula is C20H42IN5. The van der Waals surface area contributed by atoms with Gasteiger partial charge in [-0.15, -0.1) is 24.0 Å². The van der Waals surface area contributed by atoms with E-state index in [0.29, 0.717) is 0 Å². The highest BCUT2D eigenvalue weighted by atomic mass is 127. The quantitative estimate of drug-likeness (QED) is 0.219. The van der Waals surface area contributed by atoms with Crippen molar-refractivity contribution in [1.82, 2.24) is 20.4 Å². The highest BCUT2D eigenvalue weighted by molar-refractivity contribution is 14.0. The van der Waals surface area contributed by atoms with E-state index >= 15 is 0 Å². The van der Waals surface area contributed by atoms with Gasteiger partial charge in [0.2, 0.25) is 0 Å². The smallest absolute Gasteiger partial charge is 0.191 e. The summed E-state index contributed by atoms with van der Waals surface area (Å²) in [5, 5.41) is 6.87. The summed E-state index contributed by atoms with van der Waals surface area (Å²) in [7, 11) is 0. The molecule has 2 N–H and O–H groups in total. The van der Waals surface area contributed by atoms with Gasteiger partial charge < -0.3 is 20.4 Å². The molecule has 2 rings (SSSR count). The van der Waals surface area contributed by atoms with Crippen molar-refractivity contribution in [3.05, 3.63) is 0 Å². The Hall–Kier alpha value is -0.0800. The predicted octanol–water partition coefficient (Wildman–Crippen LogP) is 3.16. The van der Waals surface area contributed by atoms with Crippen molar-refractivity contribution in [1.29, 1.82) is 0 Å². The number of guanidine groups is 1. The van der Waals surface area contributed by atoms with E-state index in [1.54, 1.807) is 0 Å². The third kappa shape index (κ3) is 10.3. The van der Waals surface area contributed by atoms with Crippen LogP contribution in [0.4, 0.5) is 0 Å². The third-order valence-corrected chi connectivity index (χ3v) is 5.52. The molecule has 0 unspecified atom stereocenters. The first-order valence-electron chi connectivity index (χ1n) is 10.7. The Bertz CT molecular complexity index is 363. The second-order valence-corrected chi connectivity index (χ2v) is 7.82. The first kappa shape index (κ1) is 24.0. The van der Waals surface area contributed by atoms with Gasteiger partial charge >= 0.3 is 0 Å². The molecule has 0 radical (unpaired) electrons.